The van der Waals surface area contributed by atoms with Crippen LogP contribution in [0.3, 0.4) is 0 Å². The van der Waals surface area contributed by atoms with Gasteiger partial charge in [0, 0.05) is 18.2 Å². The second-order valence-electron chi connectivity index (χ2n) is 5.16. The second-order valence-corrected chi connectivity index (χ2v) is 5.16. The van der Waals surface area contributed by atoms with Gasteiger partial charge in [-0.05, 0) is 37.5 Å². The molecule has 0 aromatic heterocycles. The van der Waals surface area contributed by atoms with Crippen LogP contribution in [-0.4, -0.2) is 29.7 Å². The Morgan fingerprint density at radius 1 is 1.35 bits per heavy atom. The second kappa shape index (κ2) is 6.52. The van der Waals surface area contributed by atoms with Gasteiger partial charge in [-0.15, -0.1) is 0 Å². The number of aliphatic carboxylic acids is 1. The Labute approximate surface area is 117 Å². The largest absolute Gasteiger partial charge is 0.481 e. The van der Waals surface area contributed by atoms with Crippen molar-refractivity contribution in [3.8, 4) is 0 Å². The Morgan fingerprint density at radius 2 is 2.05 bits per heavy atom. The third-order valence-corrected chi connectivity index (χ3v) is 3.43. The van der Waals surface area contributed by atoms with Crippen molar-refractivity contribution in [2.75, 3.05) is 11.9 Å². The van der Waals surface area contributed by atoms with E-state index in [2.05, 4.69) is 5.32 Å². The highest BCUT2D eigenvalue weighted by Gasteiger charge is 2.25. The molecule has 5 heteroatoms. The number of carboxylic acid groups (broad SMARTS) is 1. The molecule has 108 valence electrons. The van der Waals surface area contributed by atoms with Crippen molar-refractivity contribution in [1.82, 2.24) is 0 Å². The Balaban J connectivity index is 1.92. The summed E-state index contributed by atoms with van der Waals surface area (Å²) in [7, 11) is 0. The van der Waals surface area contributed by atoms with Gasteiger partial charge < -0.3 is 15.2 Å². The monoisotopic (exact) mass is 277 g/mol. The van der Waals surface area contributed by atoms with E-state index < -0.39 is 5.97 Å². The predicted molar refractivity (Wildman–Crippen MR) is 74.5 cm³/mol. The van der Waals surface area contributed by atoms with E-state index in [9.17, 15) is 9.59 Å². The summed E-state index contributed by atoms with van der Waals surface area (Å²) in [5.41, 5.74) is 1.42. The summed E-state index contributed by atoms with van der Waals surface area (Å²) in [5, 5.41) is 11.6. The molecule has 1 aliphatic heterocycles. The number of rotatable bonds is 4. The zero-order chi connectivity index (χ0) is 14.5. The Hall–Kier alpha value is -1.88. The summed E-state index contributed by atoms with van der Waals surface area (Å²) < 4.78 is 5.43. The standard InChI is InChI=1S/C15H19NO4/c1-10-8-12(6-7-20-10)15(19)16-13-4-2-11(3-5-13)9-14(17)18/h2-5,10,12H,6-9H2,1H3,(H,16,19)(H,17,18). The maximum atomic E-state index is 12.1. The van der Waals surface area contributed by atoms with Crippen molar-refractivity contribution >= 4 is 17.6 Å². The first-order valence-corrected chi connectivity index (χ1v) is 6.78. The van der Waals surface area contributed by atoms with Gasteiger partial charge >= 0.3 is 5.97 Å². The molecule has 1 aromatic carbocycles. The van der Waals surface area contributed by atoms with E-state index in [-0.39, 0.29) is 24.3 Å². The molecule has 0 radical (unpaired) electrons. The molecular formula is C15H19NO4. The summed E-state index contributed by atoms with van der Waals surface area (Å²) >= 11 is 0. The number of ether oxygens (including phenoxy) is 1. The zero-order valence-corrected chi connectivity index (χ0v) is 11.5. The first kappa shape index (κ1) is 14.5. The number of benzene rings is 1. The summed E-state index contributed by atoms with van der Waals surface area (Å²) in [6.07, 6.45) is 1.60. The fourth-order valence-electron chi connectivity index (χ4n) is 2.36. The first-order valence-electron chi connectivity index (χ1n) is 6.78. The minimum absolute atomic E-state index is 0.00568. The van der Waals surface area contributed by atoms with Crippen LogP contribution in [0.15, 0.2) is 24.3 Å². The predicted octanol–water partition coefficient (Wildman–Crippen LogP) is 2.07. The van der Waals surface area contributed by atoms with Gasteiger partial charge in [0.1, 0.15) is 0 Å². The third kappa shape index (κ3) is 4.06. The van der Waals surface area contributed by atoms with Crippen molar-refractivity contribution in [2.45, 2.75) is 32.3 Å². The molecule has 0 aliphatic carbocycles. The molecule has 2 unspecified atom stereocenters. The SMILES string of the molecule is CC1CC(C(=O)Nc2ccc(CC(=O)O)cc2)CCO1. The summed E-state index contributed by atoms with van der Waals surface area (Å²) in [6, 6.07) is 6.91. The van der Waals surface area contributed by atoms with Gasteiger partial charge in [-0.1, -0.05) is 12.1 Å². The number of anilines is 1. The lowest BCUT2D eigenvalue weighted by atomic mass is 9.95. The number of hydrogen-bond acceptors (Lipinski definition) is 3. The van der Waals surface area contributed by atoms with E-state index in [1.165, 1.54) is 0 Å². The van der Waals surface area contributed by atoms with Crippen LogP contribution < -0.4 is 5.32 Å². The Bertz CT molecular complexity index is 483. The number of nitrogens with one attached hydrogen (secondary N) is 1. The minimum Gasteiger partial charge on any atom is -0.481 e. The summed E-state index contributed by atoms with van der Waals surface area (Å²) in [5.74, 6) is -0.874. The topological polar surface area (TPSA) is 75.6 Å². The molecule has 2 N–H and O–H groups in total. The fraction of sp³-hybridized carbons (Fsp3) is 0.467. The average molecular weight is 277 g/mol. The highest BCUT2D eigenvalue weighted by atomic mass is 16.5. The highest BCUT2D eigenvalue weighted by Crippen LogP contribution is 2.21. The van der Waals surface area contributed by atoms with Gasteiger partial charge in [0.15, 0.2) is 0 Å². The molecule has 1 aliphatic rings. The lowest BCUT2D eigenvalue weighted by Crippen LogP contribution is -2.32. The maximum Gasteiger partial charge on any atom is 0.307 e. The van der Waals surface area contributed by atoms with E-state index in [4.69, 9.17) is 9.84 Å². The molecule has 1 aromatic rings. The number of carbonyl (C=O) groups excluding carboxylic acids is 1. The van der Waals surface area contributed by atoms with Crippen molar-refractivity contribution < 1.29 is 19.4 Å². The van der Waals surface area contributed by atoms with E-state index in [1.54, 1.807) is 24.3 Å². The van der Waals surface area contributed by atoms with Crippen molar-refractivity contribution in [2.24, 2.45) is 5.92 Å². The zero-order valence-electron chi connectivity index (χ0n) is 11.5. The highest BCUT2D eigenvalue weighted by molar-refractivity contribution is 5.92. The lowest BCUT2D eigenvalue weighted by Gasteiger charge is -2.26. The first-order chi connectivity index (χ1) is 9.54. The smallest absolute Gasteiger partial charge is 0.307 e. The molecule has 0 spiro atoms. The van der Waals surface area contributed by atoms with Crippen LogP contribution in [0.25, 0.3) is 0 Å². The molecule has 1 saturated heterocycles. The summed E-state index contributed by atoms with van der Waals surface area (Å²) in [6.45, 7) is 2.59. The molecular weight excluding hydrogens is 258 g/mol. The van der Waals surface area contributed by atoms with E-state index in [0.29, 0.717) is 12.3 Å². The van der Waals surface area contributed by atoms with Crippen LogP contribution in [0.2, 0.25) is 0 Å². The van der Waals surface area contributed by atoms with Crippen LogP contribution in [0.1, 0.15) is 25.3 Å². The minimum atomic E-state index is -0.863. The molecule has 20 heavy (non-hydrogen) atoms. The quantitative estimate of drug-likeness (QED) is 0.883. The molecule has 0 bridgehead atoms. The number of amides is 1. The van der Waals surface area contributed by atoms with Crippen molar-refractivity contribution in [1.29, 1.82) is 0 Å². The number of carbonyl (C=O) groups is 2. The van der Waals surface area contributed by atoms with Crippen molar-refractivity contribution in [3.05, 3.63) is 29.8 Å². The molecule has 1 heterocycles. The van der Waals surface area contributed by atoms with E-state index in [1.807, 2.05) is 6.92 Å². The van der Waals surface area contributed by atoms with Crippen LogP contribution in [0.5, 0.6) is 0 Å². The van der Waals surface area contributed by atoms with Crippen molar-refractivity contribution in [3.63, 3.8) is 0 Å². The Kier molecular flexibility index (Phi) is 4.74. The number of carboxylic acids is 1. The van der Waals surface area contributed by atoms with Gasteiger partial charge in [0.2, 0.25) is 5.91 Å². The summed E-state index contributed by atoms with van der Waals surface area (Å²) in [4.78, 5) is 22.7. The fourth-order valence-corrected chi connectivity index (χ4v) is 2.36. The molecule has 2 rings (SSSR count). The van der Waals surface area contributed by atoms with Crippen LogP contribution in [0.4, 0.5) is 5.69 Å². The van der Waals surface area contributed by atoms with Crippen LogP contribution in [0, 0.1) is 5.92 Å². The van der Waals surface area contributed by atoms with Gasteiger partial charge in [0.05, 0.1) is 12.5 Å². The van der Waals surface area contributed by atoms with Gasteiger partial charge in [-0.2, -0.15) is 0 Å². The normalized spacial score (nSPS) is 22.2. The molecule has 2 atom stereocenters. The van der Waals surface area contributed by atoms with Gasteiger partial charge in [-0.3, -0.25) is 9.59 Å². The van der Waals surface area contributed by atoms with Crippen LogP contribution in [-0.2, 0) is 20.7 Å². The van der Waals surface area contributed by atoms with E-state index in [0.717, 1.165) is 18.4 Å². The van der Waals surface area contributed by atoms with E-state index >= 15 is 0 Å². The third-order valence-electron chi connectivity index (χ3n) is 3.43. The molecule has 0 saturated carbocycles. The lowest BCUT2D eigenvalue weighted by molar-refractivity contribution is -0.136. The Morgan fingerprint density at radius 3 is 2.65 bits per heavy atom. The van der Waals surface area contributed by atoms with Gasteiger partial charge in [-0.25, -0.2) is 0 Å². The van der Waals surface area contributed by atoms with Crippen LogP contribution >= 0.6 is 0 Å². The average Bonchev–Trinajstić information content (AvgIpc) is 2.40. The molecule has 5 nitrogen and oxygen atoms in total. The molecule has 1 amide bonds. The molecule has 1 fully saturated rings. The van der Waals surface area contributed by atoms with Gasteiger partial charge in [0.25, 0.3) is 0 Å². The maximum absolute atomic E-state index is 12.1. The number of hydrogen-bond donors (Lipinski definition) is 2.